The molecule has 1 saturated heterocycles. The van der Waals surface area contributed by atoms with Gasteiger partial charge in [-0.3, -0.25) is 9.59 Å². The minimum Gasteiger partial charge on any atom is -0.467 e. The zero-order valence-corrected chi connectivity index (χ0v) is 36.3. The molecule has 1 heterocycles. The maximum Gasteiger partial charge on any atom is 0.331 e. The molecule has 7 N–H and O–H groups in total. The van der Waals surface area contributed by atoms with Crippen LogP contribution in [-0.4, -0.2) is 104 Å². The van der Waals surface area contributed by atoms with Crippen LogP contribution in [0.5, 0.6) is 0 Å². The molecular weight excluding hydrogens is 759 g/mol. The van der Waals surface area contributed by atoms with E-state index in [-0.39, 0.29) is 29.1 Å². The van der Waals surface area contributed by atoms with Crippen LogP contribution in [0.25, 0.3) is 0 Å². The highest BCUT2D eigenvalue weighted by molar-refractivity contribution is 5.86. The number of hydrogen-bond acceptors (Lipinski definition) is 12. The van der Waals surface area contributed by atoms with Crippen LogP contribution in [0.1, 0.15) is 125 Å². The minimum atomic E-state index is -1.89. The van der Waals surface area contributed by atoms with Crippen molar-refractivity contribution in [2.75, 3.05) is 7.11 Å². The number of esters is 2. The van der Waals surface area contributed by atoms with Gasteiger partial charge in [0.15, 0.2) is 12.3 Å². The first kappa shape index (κ1) is 45.6. The number of aliphatic hydroxyl groups excluding tert-OH is 4. The molecule has 6 rings (SSSR count). The van der Waals surface area contributed by atoms with Crippen LogP contribution in [-0.2, 0) is 28.6 Å². The van der Waals surface area contributed by atoms with Crippen molar-refractivity contribution in [3.63, 3.8) is 0 Å². The summed E-state index contributed by atoms with van der Waals surface area (Å²) in [6, 6.07) is 6.83. The summed E-state index contributed by atoms with van der Waals surface area (Å²) in [5.74, 6) is -2.71. The van der Waals surface area contributed by atoms with Crippen LogP contribution in [0.15, 0.2) is 42.0 Å². The zero-order chi connectivity index (χ0) is 43.7. The predicted octanol–water partition coefficient (Wildman–Crippen LogP) is 4.25. The Hall–Kier alpha value is -2.91. The monoisotopic (exact) mass is 827 g/mol. The smallest absolute Gasteiger partial charge is 0.331 e. The van der Waals surface area contributed by atoms with Crippen LogP contribution in [0.4, 0.5) is 0 Å². The van der Waals surface area contributed by atoms with Gasteiger partial charge < -0.3 is 50.2 Å². The van der Waals surface area contributed by atoms with Crippen LogP contribution >= 0.6 is 0 Å². The van der Waals surface area contributed by atoms with Crippen LogP contribution in [0, 0.1) is 45.3 Å². The summed E-state index contributed by atoms with van der Waals surface area (Å²) in [6.07, 6.45) is 0.0960. The Morgan fingerprint density at radius 3 is 2.24 bits per heavy atom. The van der Waals surface area contributed by atoms with Gasteiger partial charge in [0.1, 0.15) is 12.2 Å². The first-order valence-electron chi connectivity index (χ1n) is 21.5. The summed E-state index contributed by atoms with van der Waals surface area (Å²) >= 11 is 0. The Labute approximate surface area is 348 Å². The molecule has 1 amide bonds. The largest absolute Gasteiger partial charge is 0.467 e. The first-order chi connectivity index (χ1) is 27.3. The lowest BCUT2D eigenvalue weighted by Gasteiger charge is -2.66. The average Bonchev–Trinajstić information content (AvgIpc) is 3.43. The van der Waals surface area contributed by atoms with Crippen molar-refractivity contribution in [1.82, 2.24) is 5.32 Å². The van der Waals surface area contributed by atoms with E-state index < -0.39 is 101 Å². The van der Waals surface area contributed by atoms with Gasteiger partial charge in [0.05, 0.1) is 49.5 Å². The van der Waals surface area contributed by atoms with E-state index in [1.54, 1.807) is 44.2 Å². The highest BCUT2D eigenvalue weighted by Crippen LogP contribution is 2.74. The quantitative estimate of drug-likeness (QED) is 0.123. The van der Waals surface area contributed by atoms with Gasteiger partial charge in [-0.25, -0.2) is 4.79 Å². The van der Waals surface area contributed by atoms with E-state index >= 15 is 0 Å². The van der Waals surface area contributed by atoms with Gasteiger partial charge in [-0.15, -0.1) is 0 Å². The molecule has 0 aromatic heterocycles. The third-order valence-corrected chi connectivity index (χ3v) is 16.2. The minimum absolute atomic E-state index is 0.00302. The Bertz CT molecular complexity index is 1760. The summed E-state index contributed by atoms with van der Waals surface area (Å²) in [5.41, 5.74) is -3.37. The molecule has 15 unspecified atom stereocenters. The lowest BCUT2D eigenvalue weighted by Crippen LogP contribution is -2.65. The van der Waals surface area contributed by atoms with Crippen LogP contribution < -0.4 is 5.32 Å². The van der Waals surface area contributed by atoms with Gasteiger partial charge in [-0.05, 0) is 99.9 Å². The third kappa shape index (κ3) is 8.03. The van der Waals surface area contributed by atoms with Crippen LogP contribution in [0.2, 0.25) is 0 Å². The predicted molar refractivity (Wildman–Crippen MR) is 217 cm³/mol. The summed E-state index contributed by atoms with van der Waals surface area (Å²) in [7, 11) is 1.13. The number of ether oxygens (including phenoxy) is 3. The molecule has 59 heavy (non-hydrogen) atoms. The molecule has 13 heteroatoms. The fraction of sp³-hybridized carbons (Fsp3) is 0.761. The molecule has 5 aliphatic rings. The Kier molecular flexibility index (Phi) is 12.4. The first-order valence-corrected chi connectivity index (χ1v) is 21.5. The third-order valence-electron chi connectivity index (χ3n) is 16.2. The summed E-state index contributed by atoms with van der Waals surface area (Å²) in [4.78, 5) is 39.2. The molecule has 4 fully saturated rings. The van der Waals surface area contributed by atoms with E-state index in [0.29, 0.717) is 37.7 Å². The van der Waals surface area contributed by atoms with Gasteiger partial charge in [-0.1, -0.05) is 76.6 Å². The van der Waals surface area contributed by atoms with Crippen molar-refractivity contribution in [1.29, 1.82) is 0 Å². The molecule has 0 spiro atoms. The molecule has 1 aromatic carbocycles. The second kappa shape index (κ2) is 16.1. The van der Waals surface area contributed by atoms with E-state index in [0.717, 1.165) is 20.0 Å². The van der Waals surface area contributed by atoms with E-state index in [1.165, 1.54) is 12.5 Å². The Morgan fingerprint density at radius 1 is 0.966 bits per heavy atom. The molecular formula is C46H69NO12. The van der Waals surface area contributed by atoms with E-state index in [2.05, 4.69) is 32.2 Å². The van der Waals surface area contributed by atoms with Gasteiger partial charge in [0.25, 0.3) is 0 Å². The average molecular weight is 828 g/mol. The molecule has 4 aliphatic carbocycles. The number of methoxy groups -OCH3 is 1. The number of hydrogen-bond donors (Lipinski definition) is 7. The molecule has 1 aliphatic heterocycles. The Morgan fingerprint density at radius 2 is 1.63 bits per heavy atom. The second-order valence-corrected chi connectivity index (χ2v) is 20.7. The maximum atomic E-state index is 13.6. The second-order valence-electron chi connectivity index (χ2n) is 20.7. The molecule has 13 nitrogen and oxygen atoms in total. The van der Waals surface area contributed by atoms with E-state index in [1.807, 2.05) is 13.8 Å². The molecule has 330 valence electrons. The number of amides is 1. The van der Waals surface area contributed by atoms with Crippen LogP contribution in [0.3, 0.4) is 0 Å². The van der Waals surface area contributed by atoms with Crippen molar-refractivity contribution >= 4 is 17.8 Å². The Balaban J connectivity index is 1.14. The molecule has 3 saturated carbocycles. The van der Waals surface area contributed by atoms with Crippen molar-refractivity contribution in [2.24, 2.45) is 45.3 Å². The fourth-order valence-electron chi connectivity index (χ4n) is 12.9. The molecule has 0 bridgehead atoms. The van der Waals surface area contributed by atoms with Crippen molar-refractivity contribution in [3.05, 3.63) is 47.5 Å². The molecule has 15 atom stereocenters. The van der Waals surface area contributed by atoms with Gasteiger partial charge in [0.2, 0.25) is 5.91 Å². The number of rotatable bonds is 11. The van der Waals surface area contributed by atoms with Crippen molar-refractivity contribution < 1.29 is 59.2 Å². The summed E-state index contributed by atoms with van der Waals surface area (Å²) in [5, 5.41) is 70.6. The van der Waals surface area contributed by atoms with Crippen molar-refractivity contribution in [2.45, 2.75) is 167 Å². The SMILES string of the molecule is COC(=O)C(NC(=O)CC(C)(O)CC(=O)OC1C(O)CC2(C)C3CC(O)C4(C)C(C5CCC(C(C)(C)O)OC5O)CCC4(C)C3=CCC2C1(C)C)C(O)c1ccccc1. The lowest BCUT2D eigenvalue weighted by molar-refractivity contribution is -0.254. The molecule has 1 aromatic rings. The summed E-state index contributed by atoms with van der Waals surface area (Å²) in [6.45, 7) is 15.3. The number of carbonyl (C=O) groups is 3. The number of fused-ring (bicyclic) bond motifs is 5. The highest BCUT2D eigenvalue weighted by Gasteiger charge is 2.70. The van der Waals surface area contributed by atoms with E-state index in [9.17, 15) is 45.0 Å². The fourth-order valence-corrected chi connectivity index (χ4v) is 12.9. The highest BCUT2D eigenvalue weighted by atomic mass is 16.6. The number of aliphatic hydroxyl groups is 6. The number of carbonyl (C=O) groups excluding carboxylic acids is 3. The van der Waals surface area contributed by atoms with Gasteiger partial charge in [-0.2, -0.15) is 0 Å². The van der Waals surface area contributed by atoms with Gasteiger partial charge in [0, 0.05) is 16.7 Å². The van der Waals surface area contributed by atoms with Gasteiger partial charge >= 0.3 is 11.9 Å². The number of nitrogens with one attached hydrogen (secondary N) is 1. The molecule has 0 radical (unpaired) electrons. The number of allylic oxidation sites excluding steroid dienone is 2. The number of benzene rings is 1. The zero-order valence-electron chi connectivity index (χ0n) is 36.3. The summed E-state index contributed by atoms with van der Waals surface area (Å²) < 4.78 is 16.8. The maximum absolute atomic E-state index is 13.6. The normalized spacial score (nSPS) is 39.8. The standard InChI is InChI=1S/C46H69NO12/c1-41(2)31-17-16-28-29(21-32(49)46(8)27(19-20-45(28,46)7)26-15-18-33(42(3,4)55)58-39(26)53)44(31,6)22-30(48)38(41)59-35(51)24-43(5,56)23-34(50)47-36(40(54)57-9)37(52)25-13-11-10-12-14-25/h10-14,16,26-27,29-33,36-39,48-49,52-53,55-56H,15,17-24H2,1-9H3,(H,47,50). The topological polar surface area (TPSA) is 212 Å². The van der Waals surface area contributed by atoms with Crippen molar-refractivity contribution in [3.8, 4) is 0 Å². The lowest BCUT2D eigenvalue weighted by atomic mass is 9.40. The van der Waals surface area contributed by atoms with E-state index in [4.69, 9.17) is 14.2 Å².